The summed E-state index contributed by atoms with van der Waals surface area (Å²) in [4.78, 5) is 19.4. The van der Waals surface area contributed by atoms with Crippen LogP contribution in [-0.2, 0) is 16.0 Å². The minimum atomic E-state index is -5.08. The van der Waals surface area contributed by atoms with Crippen molar-refractivity contribution in [3.63, 3.8) is 0 Å². The van der Waals surface area contributed by atoms with Gasteiger partial charge >= 0.3 is 18.1 Å². The van der Waals surface area contributed by atoms with Crippen LogP contribution in [0.4, 0.5) is 17.6 Å². The fourth-order valence-electron chi connectivity index (χ4n) is 1.22. The van der Waals surface area contributed by atoms with E-state index in [0.717, 1.165) is 5.56 Å². The van der Waals surface area contributed by atoms with Crippen molar-refractivity contribution in [2.75, 3.05) is 13.3 Å². The number of ether oxygens (including phenoxy) is 1. The molecular weight excluding hydrogens is 326 g/mol. The summed E-state index contributed by atoms with van der Waals surface area (Å²) in [6.07, 6.45) is -4.82. The second kappa shape index (κ2) is 9.62. The van der Waals surface area contributed by atoms with Gasteiger partial charge in [-0.1, -0.05) is 12.1 Å². The Morgan fingerprint density at radius 1 is 1.17 bits per heavy atom. The van der Waals surface area contributed by atoms with Gasteiger partial charge in [-0.2, -0.15) is 13.2 Å². The predicted molar refractivity (Wildman–Crippen MR) is 70.9 cm³/mol. The highest BCUT2D eigenvalue weighted by Crippen LogP contribution is 2.13. The minimum Gasteiger partial charge on any atom is -0.491 e. The summed E-state index contributed by atoms with van der Waals surface area (Å²) in [6.45, 7) is -0.514. The topological polar surface area (TPSA) is 110 Å². The van der Waals surface area contributed by atoms with E-state index in [1.165, 1.54) is 0 Å². The highest BCUT2D eigenvalue weighted by Gasteiger charge is 2.38. The maximum absolute atomic E-state index is 11.8. The molecule has 0 fully saturated rings. The lowest BCUT2D eigenvalue weighted by Crippen LogP contribution is -2.32. The molecule has 0 spiro atoms. The number of hydrogen-bond donors (Lipinski definition) is 3. The van der Waals surface area contributed by atoms with Gasteiger partial charge in [-0.3, -0.25) is 4.79 Å². The minimum absolute atomic E-state index is 0.0218. The quantitative estimate of drug-likeness (QED) is 0.678. The molecule has 0 aliphatic carbocycles. The lowest BCUT2D eigenvalue weighted by Gasteiger charge is -2.07. The van der Waals surface area contributed by atoms with E-state index < -0.39 is 30.8 Å². The van der Waals surface area contributed by atoms with Crippen molar-refractivity contribution >= 4 is 11.9 Å². The number of carbonyl (C=O) groups is 2. The molecule has 0 aliphatic rings. The highest BCUT2D eigenvalue weighted by atomic mass is 19.4. The van der Waals surface area contributed by atoms with Gasteiger partial charge in [0.15, 0.2) is 0 Å². The molecule has 1 atom stereocenters. The SMILES string of the molecule is N[C@@H](Cc1ccc(OCCF)cc1)C(=O)O.O=C(O)C(F)(F)F. The molecular formula is C13H15F4NO5. The number of nitrogens with two attached hydrogens (primary N) is 1. The smallest absolute Gasteiger partial charge is 0.490 e. The Morgan fingerprint density at radius 2 is 1.65 bits per heavy atom. The molecule has 4 N–H and O–H groups in total. The Kier molecular flexibility index (Phi) is 8.63. The molecule has 1 rings (SSSR count). The summed E-state index contributed by atoms with van der Waals surface area (Å²) in [6, 6.07) is 5.86. The highest BCUT2D eigenvalue weighted by molar-refractivity contribution is 5.73. The number of alkyl halides is 4. The van der Waals surface area contributed by atoms with Crippen molar-refractivity contribution in [3.8, 4) is 5.75 Å². The third kappa shape index (κ3) is 9.30. The molecule has 0 saturated heterocycles. The van der Waals surface area contributed by atoms with Gasteiger partial charge in [-0.25, -0.2) is 9.18 Å². The predicted octanol–water partition coefficient (Wildman–Crippen LogP) is 1.62. The molecule has 10 heteroatoms. The molecule has 0 unspecified atom stereocenters. The van der Waals surface area contributed by atoms with Gasteiger partial charge in [0.05, 0.1) is 0 Å². The Bertz CT molecular complexity index is 504. The Balaban J connectivity index is 0.000000585. The van der Waals surface area contributed by atoms with Crippen LogP contribution in [0, 0.1) is 0 Å². The van der Waals surface area contributed by atoms with E-state index in [9.17, 15) is 22.4 Å². The summed E-state index contributed by atoms with van der Waals surface area (Å²) >= 11 is 0. The van der Waals surface area contributed by atoms with E-state index in [1.807, 2.05) is 0 Å². The lowest BCUT2D eigenvalue weighted by atomic mass is 10.1. The summed E-state index contributed by atoms with van der Waals surface area (Å²) in [7, 11) is 0. The molecule has 0 aromatic heterocycles. The molecule has 6 nitrogen and oxygen atoms in total. The van der Waals surface area contributed by atoms with Crippen LogP contribution in [0.15, 0.2) is 24.3 Å². The van der Waals surface area contributed by atoms with Crippen molar-refractivity contribution in [1.82, 2.24) is 0 Å². The summed E-state index contributed by atoms with van der Waals surface area (Å²) in [5, 5.41) is 15.7. The van der Waals surface area contributed by atoms with Crippen LogP contribution in [0.2, 0.25) is 0 Å². The zero-order valence-electron chi connectivity index (χ0n) is 11.7. The second-order valence-electron chi connectivity index (χ2n) is 4.13. The second-order valence-corrected chi connectivity index (χ2v) is 4.13. The van der Waals surface area contributed by atoms with Crippen LogP contribution in [0.1, 0.15) is 5.56 Å². The first kappa shape index (κ1) is 20.6. The first-order chi connectivity index (χ1) is 10.6. The molecule has 23 heavy (non-hydrogen) atoms. The summed E-state index contributed by atoms with van der Waals surface area (Å²) in [5.41, 5.74) is 6.19. The van der Waals surface area contributed by atoms with E-state index in [2.05, 4.69) is 0 Å². The number of rotatable bonds is 6. The summed E-state index contributed by atoms with van der Waals surface area (Å²) < 4.78 is 48.6. The van der Waals surface area contributed by atoms with Gasteiger partial charge in [0.25, 0.3) is 0 Å². The van der Waals surface area contributed by atoms with Gasteiger partial charge in [-0.05, 0) is 24.1 Å². The zero-order chi connectivity index (χ0) is 18.0. The van der Waals surface area contributed by atoms with Crippen LogP contribution in [-0.4, -0.2) is 47.7 Å². The van der Waals surface area contributed by atoms with E-state index in [0.29, 0.717) is 5.75 Å². The van der Waals surface area contributed by atoms with Crippen LogP contribution < -0.4 is 10.5 Å². The third-order valence-electron chi connectivity index (χ3n) is 2.28. The van der Waals surface area contributed by atoms with Crippen molar-refractivity contribution in [2.45, 2.75) is 18.6 Å². The average Bonchev–Trinajstić information content (AvgIpc) is 2.46. The molecule has 0 saturated carbocycles. The number of halogens is 4. The van der Waals surface area contributed by atoms with E-state index in [1.54, 1.807) is 24.3 Å². The number of carboxylic acids is 2. The third-order valence-corrected chi connectivity index (χ3v) is 2.28. The van der Waals surface area contributed by atoms with Crippen LogP contribution in [0.25, 0.3) is 0 Å². The monoisotopic (exact) mass is 341 g/mol. The lowest BCUT2D eigenvalue weighted by molar-refractivity contribution is -0.192. The van der Waals surface area contributed by atoms with Gasteiger partial charge in [0.2, 0.25) is 0 Å². The Morgan fingerprint density at radius 3 is 2.00 bits per heavy atom. The molecule has 0 radical (unpaired) electrons. The summed E-state index contributed by atoms with van der Waals surface area (Å²) in [5.74, 6) is -3.23. The molecule has 0 bridgehead atoms. The van der Waals surface area contributed by atoms with Crippen LogP contribution in [0.3, 0.4) is 0 Å². The van der Waals surface area contributed by atoms with Crippen molar-refractivity contribution in [2.24, 2.45) is 5.73 Å². The molecule has 1 aromatic carbocycles. The van der Waals surface area contributed by atoms with Crippen LogP contribution >= 0.6 is 0 Å². The molecule has 130 valence electrons. The largest absolute Gasteiger partial charge is 0.491 e. The standard InChI is InChI=1S/C11H14FNO3.C2HF3O2/c12-5-6-16-9-3-1-8(2-4-9)7-10(13)11(14)15;3-2(4,5)1(6)7/h1-4,10H,5-7,13H2,(H,14,15);(H,6,7)/t10-;/m0./s1. The molecule has 0 amide bonds. The van der Waals surface area contributed by atoms with E-state index >= 15 is 0 Å². The Labute approximate surface area is 128 Å². The number of hydrogen-bond acceptors (Lipinski definition) is 4. The maximum Gasteiger partial charge on any atom is 0.490 e. The van der Waals surface area contributed by atoms with Crippen molar-refractivity contribution < 1.29 is 42.1 Å². The number of benzene rings is 1. The molecule has 0 heterocycles. The first-order valence-electron chi connectivity index (χ1n) is 6.14. The number of aliphatic carboxylic acids is 2. The van der Waals surface area contributed by atoms with E-state index in [-0.39, 0.29) is 13.0 Å². The molecule has 0 aliphatic heterocycles. The zero-order valence-corrected chi connectivity index (χ0v) is 11.7. The van der Waals surface area contributed by atoms with Crippen LogP contribution in [0.5, 0.6) is 5.75 Å². The van der Waals surface area contributed by atoms with Gasteiger partial charge in [-0.15, -0.1) is 0 Å². The van der Waals surface area contributed by atoms with Gasteiger partial charge in [0, 0.05) is 0 Å². The van der Waals surface area contributed by atoms with E-state index in [4.69, 9.17) is 25.5 Å². The Hall–Kier alpha value is -2.36. The first-order valence-corrected chi connectivity index (χ1v) is 6.14. The van der Waals surface area contributed by atoms with Crippen molar-refractivity contribution in [1.29, 1.82) is 0 Å². The fraction of sp³-hybridized carbons (Fsp3) is 0.385. The van der Waals surface area contributed by atoms with Crippen molar-refractivity contribution in [3.05, 3.63) is 29.8 Å². The number of carboxylic acid groups (broad SMARTS) is 2. The average molecular weight is 341 g/mol. The normalized spacial score (nSPS) is 11.9. The van der Waals surface area contributed by atoms with Gasteiger partial charge < -0.3 is 20.7 Å². The fourth-order valence-corrected chi connectivity index (χ4v) is 1.22. The maximum atomic E-state index is 11.8. The molecule has 1 aromatic rings. The van der Waals surface area contributed by atoms with Gasteiger partial charge in [0.1, 0.15) is 25.1 Å².